The van der Waals surface area contributed by atoms with E-state index in [1.165, 1.54) is 0 Å². The minimum Gasteiger partial charge on any atom is -0.381 e. The Morgan fingerprint density at radius 2 is 1.89 bits per heavy atom. The van der Waals surface area contributed by atoms with Crippen molar-refractivity contribution in [1.82, 2.24) is 14.3 Å². The molecule has 2 aliphatic rings. The molecule has 2 aromatic rings. The molecular formula is C20H29N3O3S. The first kappa shape index (κ1) is 18.9. The van der Waals surface area contributed by atoms with Crippen LogP contribution in [0.4, 0.5) is 0 Å². The van der Waals surface area contributed by atoms with Crippen LogP contribution in [-0.4, -0.2) is 37.2 Å². The van der Waals surface area contributed by atoms with Crippen molar-refractivity contribution in [1.29, 1.82) is 0 Å². The highest BCUT2D eigenvalue weighted by Crippen LogP contribution is 2.31. The van der Waals surface area contributed by atoms with Crippen LogP contribution >= 0.6 is 0 Å². The van der Waals surface area contributed by atoms with Crippen molar-refractivity contribution in [2.45, 2.75) is 69.4 Å². The minimum atomic E-state index is -3.47. The molecule has 1 saturated heterocycles. The molecule has 6 nitrogen and oxygen atoms in total. The molecule has 1 aliphatic carbocycles. The van der Waals surface area contributed by atoms with Crippen LogP contribution in [-0.2, 0) is 26.7 Å². The van der Waals surface area contributed by atoms with Crippen LogP contribution in [0.2, 0.25) is 0 Å². The SMILES string of the molecule is CC(C)(C)c1nc2cc(S(=O)(=O)NC3CC3)ccc2n1CC1CCOCC1. The van der Waals surface area contributed by atoms with Gasteiger partial charge in [0.2, 0.25) is 10.0 Å². The van der Waals surface area contributed by atoms with Gasteiger partial charge in [0, 0.05) is 31.2 Å². The molecule has 1 saturated carbocycles. The normalized spacial score (nSPS) is 19.7. The van der Waals surface area contributed by atoms with Gasteiger partial charge in [0.05, 0.1) is 15.9 Å². The van der Waals surface area contributed by atoms with Gasteiger partial charge in [-0.1, -0.05) is 20.8 Å². The quantitative estimate of drug-likeness (QED) is 0.849. The molecule has 1 aliphatic heterocycles. The van der Waals surface area contributed by atoms with Crippen LogP contribution in [0.1, 0.15) is 52.3 Å². The highest BCUT2D eigenvalue weighted by molar-refractivity contribution is 7.89. The van der Waals surface area contributed by atoms with Crippen molar-refractivity contribution in [3.8, 4) is 0 Å². The van der Waals surface area contributed by atoms with Crippen LogP contribution in [0.5, 0.6) is 0 Å². The average Bonchev–Trinajstić information content (AvgIpc) is 3.33. The summed E-state index contributed by atoms with van der Waals surface area (Å²) < 4.78 is 35.7. The third-order valence-electron chi connectivity index (χ3n) is 5.38. The van der Waals surface area contributed by atoms with Gasteiger partial charge in [-0.15, -0.1) is 0 Å². The fourth-order valence-corrected chi connectivity index (χ4v) is 5.03. The van der Waals surface area contributed by atoms with Gasteiger partial charge in [-0.2, -0.15) is 0 Å². The Morgan fingerprint density at radius 3 is 2.52 bits per heavy atom. The zero-order chi connectivity index (χ0) is 19.2. The van der Waals surface area contributed by atoms with Crippen LogP contribution in [0.15, 0.2) is 23.1 Å². The van der Waals surface area contributed by atoms with Gasteiger partial charge in [0.15, 0.2) is 0 Å². The summed E-state index contributed by atoms with van der Waals surface area (Å²) in [6.45, 7) is 9.00. The number of benzene rings is 1. The Hall–Kier alpha value is -1.44. The van der Waals surface area contributed by atoms with E-state index in [1.807, 2.05) is 6.07 Å². The number of fused-ring (bicyclic) bond motifs is 1. The van der Waals surface area contributed by atoms with Crippen LogP contribution < -0.4 is 4.72 Å². The van der Waals surface area contributed by atoms with Gasteiger partial charge in [-0.05, 0) is 49.8 Å². The van der Waals surface area contributed by atoms with Crippen LogP contribution in [0, 0.1) is 5.92 Å². The molecule has 148 valence electrons. The molecule has 0 atom stereocenters. The molecule has 7 heteroatoms. The number of sulfonamides is 1. The molecule has 1 aromatic heterocycles. The molecule has 2 fully saturated rings. The third kappa shape index (κ3) is 4.05. The number of nitrogens with zero attached hydrogens (tertiary/aromatic N) is 2. The zero-order valence-electron chi connectivity index (χ0n) is 16.4. The fraction of sp³-hybridized carbons (Fsp3) is 0.650. The van der Waals surface area contributed by atoms with Crippen molar-refractivity contribution < 1.29 is 13.2 Å². The lowest BCUT2D eigenvalue weighted by Gasteiger charge is -2.26. The van der Waals surface area contributed by atoms with E-state index >= 15 is 0 Å². The summed E-state index contributed by atoms with van der Waals surface area (Å²) in [5, 5.41) is 0. The van der Waals surface area contributed by atoms with E-state index in [4.69, 9.17) is 9.72 Å². The third-order valence-corrected chi connectivity index (χ3v) is 6.90. The minimum absolute atomic E-state index is 0.0990. The number of imidazole rings is 1. The van der Waals surface area contributed by atoms with Crippen molar-refractivity contribution in [2.75, 3.05) is 13.2 Å². The van der Waals surface area contributed by atoms with Gasteiger partial charge in [-0.25, -0.2) is 18.1 Å². The highest BCUT2D eigenvalue weighted by Gasteiger charge is 2.29. The predicted molar refractivity (Wildman–Crippen MR) is 105 cm³/mol. The maximum Gasteiger partial charge on any atom is 0.240 e. The van der Waals surface area contributed by atoms with E-state index in [-0.39, 0.29) is 11.5 Å². The van der Waals surface area contributed by atoms with Crippen molar-refractivity contribution in [3.05, 3.63) is 24.0 Å². The van der Waals surface area contributed by atoms with E-state index in [1.54, 1.807) is 12.1 Å². The number of aromatic nitrogens is 2. The number of rotatable bonds is 5. The first-order valence-corrected chi connectivity index (χ1v) is 11.3. The molecule has 4 rings (SSSR count). The average molecular weight is 392 g/mol. The summed E-state index contributed by atoms with van der Waals surface area (Å²) in [7, 11) is -3.47. The number of hydrogen-bond acceptors (Lipinski definition) is 4. The topological polar surface area (TPSA) is 73.2 Å². The maximum atomic E-state index is 12.6. The lowest BCUT2D eigenvalue weighted by atomic mass is 9.94. The Balaban J connectivity index is 1.73. The summed E-state index contributed by atoms with van der Waals surface area (Å²) in [6.07, 6.45) is 3.97. The van der Waals surface area contributed by atoms with E-state index < -0.39 is 10.0 Å². The highest BCUT2D eigenvalue weighted by atomic mass is 32.2. The summed E-state index contributed by atoms with van der Waals surface area (Å²) in [5.41, 5.74) is 1.65. The number of nitrogens with one attached hydrogen (secondary N) is 1. The lowest BCUT2D eigenvalue weighted by molar-refractivity contribution is 0.0611. The second kappa shape index (κ2) is 6.87. The molecule has 2 heterocycles. The Labute approximate surface area is 161 Å². The molecule has 1 N–H and O–H groups in total. The number of hydrogen-bond donors (Lipinski definition) is 1. The monoisotopic (exact) mass is 391 g/mol. The molecule has 0 radical (unpaired) electrons. The molecule has 0 amide bonds. The van der Waals surface area contributed by atoms with Gasteiger partial charge in [0.1, 0.15) is 5.82 Å². The zero-order valence-corrected chi connectivity index (χ0v) is 17.2. The van der Waals surface area contributed by atoms with Gasteiger partial charge >= 0.3 is 0 Å². The standard InChI is InChI=1S/C20H29N3O3S/c1-20(2,3)19-21-17-12-16(27(24,25)22-15-4-5-15)6-7-18(17)23(19)13-14-8-10-26-11-9-14/h6-7,12,14-15,22H,4-5,8-11,13H2,1-3H3. The second-order valence-corrected chi connectivity index (χ2v) is 10.6. The Morgan fingerprint density at radius 1 is 1.19 bits per heavy atom. The van der Waals surface area contributed by atoms with E-state index in [9.17, 15) is 8.42 Å². The smallest absolute Gasteiger partial charge is 0.240 e. The maximum absolute atomic E-state index is 12.6. The second-order valence-electron chi connectivity index (χ2n) is 8.90. The Bertz CT molecular complexity index is 933. The van der Waals surface area contributed by atoms with Crippen molar-refractivity contribution >= 4 is 21.1 Å². The van der Waals surface area contributed by atoms with Crippen molar-refractivity contribution in [2.24, 2.45) is 5.92 Å². The van der Waals surface area contributed by atoms with Crippen LogP contribution in [0.25, 0.3) is 11.0 Å². The Kier molecular flexibility index (Phi) is 4.81. The summed E-state index contributed by atoms with van der Waals surface area (Å²) in [4.78, 5) is 5.16. The van der Waals surface area contributed by atoms with Crippen molar-refractivity contribution in [3.63, 3.8) is 0 Å². The summed E-state index contributed by atoms with van der Waals surface area (Å²) in [6, 6.07) is 5.44. The first-order chi connectivity index (χ1) is 12.7. The number of ether oxygens (including phenoxy) is 1. The summed E-state index contributed by atoms with van der Waals surface area (Å²) >= 11 is 0. The fourth-order valence-electron chi connectivity index (χ4n) is 3.71. The van der Waals surface area contributed by atoms with E-state index in [0.717, 1.165) is 62.3 Å². The molecule has 0 bridgehead atoms. The first-order valence-electron chi connectivity index (χ1n) is 9.85. The van der Waals surface area contributed by atoms with Gasteiger partial charge < -0.3 is 9.30 Å². The van der Waals surface area contributed by atoms with E-state index in [0.29, 0.717) is 10.8 Å². The molecule has 0 unspecified atom stereocenters. The molecule has 27 heavy (non-hydrogen) atoms. The van der Waals surface area contributed by atoms with Crippen LogP contribution in [0.3, 0.4) is 0 Å². The predicted octanol–water partition coefficient (Wildman–Crippen LogP) is 3.20. The van der Waals surface area contributed by atoms with E-state index in [2.05, 4.69) is 30.1 Å². The molecular weight excluding hydrogens is 362 g/mol. The molecule has 0 spiro atoms. The lowest BCUT2D eigenvalue weighted by Crippen LogP contribution is -2.25. The summed E-state index contributed by atoms with van der Waals surface area (Å²) in [5.74, 6) is 1.57. The van der Waals surface area contributed by atoms with Gasteiger partial charge in [0.25, 0.3) is 0 Å². The largest absolute Gasteiger partial charge is 0.381 e. The van der Waals surface area contributed by atoms with Gasteiger partial charge in [-0.3, -0.25) is 0 Å². The molecule has 1 aromatic carbocycles.